The molecule has 0 N–H and O–H groups in total. The molecule has 2 aromatic carbocycles. The van der Waals surface area contributed by atoms with Gasteiger partial charge in [0.15, 0.2) is 0 Å². The molecule has 1 saturated heterocycles. The number of carbonyl (C=O) groups is 2. The van der Waals surface area contributed by atoms with Gasteiger partial charge in [0.2, 0.25) is 5.91 Å². The zero-order valence-corrected chi connectivity index (χ0v) is 15.7. The van der Waals surface area contributed by atoms with E-state index in [1.54, 1.807) is 48.1 Å². The van der Waals surface area contributed by atoms with Crippen LogP contribution in [0, 0.1) is 0 Å². The number of hydrogen-bond donors (Lipinski definition) is 0. The first-order chi connectivity index (χ1) is 12.0. The van der Waals surface area contributed by atoms with Gasteiger partial charge in [0.1, 0.15) is 11.8 Å². The lowest BCUT2D eigenvalue weighted by Crippen LogP contribution is -2.57. The van der Waals surface area contributed by atoms with E-state index in [0.29, 0.717) is 24.4 Å². The Hall–Kier alpha value is -2.34. The highest BCUT2D eigenvalue weighted by atomic mass is 79.9. The monoisotopic (exact) mass is 402 g/mol. The minimum Gasteiger partial charge on any atom is -0.497 e. The predicted octanol–water partition coefficient (Wildman–Crippen LogP) is 3.34. The van der Waals surface area contributed by atoms with Crippen molar-refractivity contribution in [1.29, 1.82) is 0 Å². The quantitative estimate of drug-likeness (QED) is 0.790. The number of amides is 2. The van der Waals surface area contributed by atoms with Crippen molar-refractivity contribution in [2.24, 2.45) is 0 Å². The summed E-state index contributed by atoms with van der Waals surface area (Å²) < 4.78 is 6.09. The third kappa shape index (κ3) is 3.54. The largest absolute Gasteiger partial charge is 0.497 e. The van der Waals surface area contributed by atoms with Crippen molar-refractivity contribution in [2.45, 2.75) is 13.0 Å². The van der Waals surface area contributed by atoms with Crippen molar-refractivity contribution in [1.82, 2.24) is 4.90 Å². The van der Waals surface area contributed by atoms with E-state index in [1.807, 2.05) is 24.3 Å². The third-order valence-corrected chi connectivity index (χ3v) is 4.85. The summed E-state index contributed by atoms with van der Waals surface area (Å²) in [6.07, 6.45) is 0. The maximum Gasteiger partial charge on any atom is 0.254 e. The molecule has 130 valence electrons. The van der Waals surface area contributed by atoms with E-state index in [4.69, 9.17) is 4.74 Å². The second kappa shape index (κ2) is 7.27. The predicted molar refractivity (Wildman–Crippen MR) is 100.0 cm³/mol. The van der Waals surface area contributed by atoms with Gasteiger partial charge in [-0.25, -0.2) is 0 Å². The van der Waals surface area contributed by atoms with Crippen LogP contribution < -0.4 is 9.64 Å². The smallest absolute Gasteiger partial charge is 0.254 e. The second-order valence-electron chi connectivity index (χ2n) is 5.88. The van der Waals surface area contributed by atoms with Crippen molar-refractivity contribution >= 4 is 33.4 Å². The number of piperazine rings is 1. The van der Waals surface area contributed by atoms with Crippen LogP contribution in [0.15, 0.2) is 53.0 Å². The molecule has 0 unspecified atom stereocenters. The van der Waals surface area contributed by atoms with Crippen molar-refractivity contribution < 1.29 is 14.3 Å². The van der Waals surface area contributed by atoms with Gasteiger partial charge in [-0.1, -0.05) is 28.1 Å². The van der Waals surface area contributed by atoms with Crippen LogP contribution in [-0.2, 0) is 4.79 Å². The number of rotatable bonds is 3. The average molecular weight is 403 g/mol. The number of carbonyl (C=O) groups excluding carboxylic acids is 2. The van der Waals surface area contributed by atoms with E-state index in [-0.39, 0.29) is 11.8 Å². The summed E-state index contributed by atoms with van der Waals surface area (Å²) in [5.41, 5.74) is 1.36. The van der Waals surface area contributed by atoms with E-state index in [1.165, 1.54) is 0 Å². The van der Waals surface area contributed by atoms with Gasteiger partial charge in [0.25, 0.3) is 5.91 Å². The average Bonchev–Trinajstić information content (AvgIpc) is 2.63. The highest BCUT2D eigenvalue weighted by Gasteiger charge is 2.35. The molecule has 5 nitrogen and oxygen atoms in total. The first-order valence-corrected chi connectivity index (χ1v) is 8.82. The normalized spacial score (nSPS) is 17.6. The van der Waals surface area contributed by atoms with Crippen LogP contribution in [0.25, 0.3) is 0 Å². The molecule has 1 heterocycles. The first-order valence-electron chi connectivity index (χ1n) is 8.03. The van der Waals surface area contributed by atoms with Gasteiger partial charge in [0, 0.05) is 28.8 Å². The van der Waals surface area contributed by atoms with Crippen LogP contribution in [0.4, 0.5) is 5.69 Å². The standard InChI is InChI=1S/C19H19BrN2O3/c1-13-18(23)22(16-7-4-6-15(20)12-16)10-9-21(13)19(24)14-5-3-8-17(11-14)25-2/h3-8,11-13H,9-10H2,1-2H3/t13-/m1/s1. The minimum atomic E-state index is -0.522. The SMILES string of the molecule is COc1cccc(C(=O)N2CCN(c3cccc(Br)c3)C(=O)[C@H]2C)c1. The molecule has 0 bridgehead atoms. The summed E-state index contributed by atoms with van der Waals surface area (Å²) in [4.78, 5) is 29.0. The number of nitrogens with zero attached hydrogens (tertiary/aromatic N) is 2. The number of hydrogen-bond acceptors (Lipinski definition) is 3. The third-order valence-electron chi connectivity index (χ3n) is 4.35. The molecule has 0 spiro atoms. The molecule has 2 amide bonds. The Kier molecular flexibility index (Phi) is 5.08. The van der Waals surface area contributed by atoms with Gasteiger partial charge < -0.3 is 14.5 Å². The van der Waals surface area contributed by atoms with Crippen LogP contribution in [0.2, 0.25) is 0 Å². The molecule has 1 atom stereocenters. The molecule has 25 heavy (non-hydrogen) atoms. The zero-order valence-electron chi connectivity index (χ0n) is 14.1. The molecule has 2 aromatic rings. The minimum absolute atomic E-state index is 0.0828. The lowest BCUT2D eigenvalue weighted by Gasteiger charge is -2.39. The molecule has 3 rings (SSSR count). The fourth-order valence-corrected chi connectivity index (χ4v) is 3.36. The molecule has 1 fully saturated rings. The molecule has 0 saturated carbocycles. The Bertz CT molecular complexity index is 809. The van der Waals surface area contributed by atoms with Crippen LogP contribution in [-0.4, -0.2) is 43.0 Å². The van der Waals surface area contributed by atoms with Crippen LogP contribution in [0.3, 0.4) is 0 Å². The molecular weight excluding hydrogens is 384 g/mol. The first kappa shape index (κ1) is 17.5. The van der Waals surface area contributed by atoms with E-state index in [0.717, 1.165) is 10.2 Å². The van der Waals surface area contributed by atoms with E-state index >= 15 is 0 Å². The Morgan fingerprint density at radius 2 is 1.92 bits per heavy atom. The van der Waals surface area contributed by atoms with Crippen molar-refractivity contribution in [3.8, 4) is 5.75 Å². The Morgan fingerprint density at radius 3 is 2.64 bits per heavy atom. The van der Waals surface area contributed by atoms with E-state index < -0.39 is 6.04 Å². The maximum absolute atomic E-state index is 12.8. The summed E-state index contributed by atoms with van der Waals surface area (Å²) in [5.74, 6) is 0.381. The van der Waals surface area contributed by atoms with E-state index in [9.17, 15) is 9.59 Å². The van der Waals surface area contributed by atoms with Gasteiger partial charge in [0.05, 0.1) is 7.11 Å². The Labute approximate surface area is 155 Å². The number of benzene rings is 2. The number of methoxy groups -OCH3 is 1. The van der Waals surface area contributed by atoms with Crippen LogP contribution >= 0.6 is 15.9 Å². The Balaban J connectivity index is 1.80. The molecule has 0 radical (unpaired) electrons. The van der Waals surface area contributed by atoms with Crippen LogP contribution in [0.5, 0.6) is 5.75 Å². The van der Waals surface area contributed by atoms with Crippen molar-refractivity contribution in [2.75, 3.05) is 25.1 Å². The molecule has 0 aromatic heterocycles. The van der Waals surface area contributed by atoms with Gasteiger partial charge >= 0.3 is 0 Å². The van der Waals surface area contributed by atoms with Gasteiger partial charge in [-0.05, 0) is 43.3 Å². The summed E-state index contributed by atoms with van der Waals surface area (Å²) >= 11 is 3.43. The molecule has 1 aliphatic heterocycles. The molecule has 6 heteroatoms. The fourth-order valence-electron chi connectivity index (χ4n) is 2.97. The zero-order chi connectivity index (χ0) is 18.0. The fraction of sp³-hybridized carbons (Fsp3) is 0.263. The summed E-state index contributed by atoms with van der Waals surface area (Å²) in [6, 6.07) is 14.1. The second-order valence-corrected chi connectivity index (χ2v) is 6.79. The van der Waals surface area contributed by atoms with Crippen molar-refractivity contribution in [3.63, 3.8) is 0 Å². The number of anilines is 1. The lowest BCUT2D eigenvalue weighted by molar-refractivity contribution is -0.124. The molecular formula is C19H19BrN2O3. The summed E-state index contributed by atoms with van der Waals surface area (Å²) in [6.45, 7) is 2.72. The van der Waals surface area contributed by atoms with Gasteiger partial charge in [-0.3, -0.25) is 9.59 Å². The van der Waals surface area contributed by atoms with E-state index in [2.05, 4.69) is 15.9 Å². The number of halogens is 1. The highest BCUT2D eigenvalue weighted by Crippen LogP contribution is 2.25. The molecule has 0 aliphatic carbocycles. The maximum atomic E-state index is 12.8. The van der Waals surface area contributed by atoms with Gasteiger partial charge in [-0.15, -0.1) is 0 Å². The van der Waals surface area contributed by atoms with Gasteiger partial charge in [-0.2, -0.15) is 0 Å². The highest BCUT2D eigenvalue weighted by molar-refractivity contribution is 9.10. The lowest BCUT2D eigenvalue weighted by atomic mass is 10.1. The summed E-state index contributed by atoms with van der Waals surface area (Å²) in [5, 5.41) is 0. The van der Waals surface area contributed by atoms with Crippen LogP contribution in [0.1, 0.15) is 17.3 Å². The molecule has 1 aliphatic rings. The topological polar surface area (TPSA) is 49.9 Å². The Morgan fingerprint density at radius 1 is 1.16 bits per heavy atom. The summed E-state index contributed by atoms with van der Waals surface area (Å²) in [7, 11) is 1.56. The van der Waals surface area contributed by atoms with Crippen molar-refractivity contribution in [3.05, 3.63) is 58.6 Å². The number of ether oxygens (including phenoxy) is 1.